The van der Waals surface area contributed by atoms with Gasteiger partial charge in [-0.05, 0) is 42.7 Å². The number of aromatic nitrogens is 2. The quantitative estimate of drug-likeness (QED) is 0.596. The fourth-order valence-electron chi connectivity index (χ4n) is 3.30. The Balaban J connectivity index is 1.94. The van der Waals surface area contributed by atoms with Gasteiger partial charge >= 0.3 is 0 Å². The lowest BCUT2D eigenvalue weighted by atomic mass is 10.0. The standard InChI is InChI=1S/C21H22N2O4S/c1-14-10-17(11-15(2)20(14)28(4,25)26)19(24)18-12-22-23(3)21(18)27-13-16-8-6-5-7-9-16/h5-12H,13H2,1-4H3. The maximum absolute atomic E-state index is 13.1. The van der Waals surface area contributed by atoms with Crippen molar-refractivity contribution in [2.45, 2.75) is 25.3 Å². The molecule has 0 amide bonds. The average molecular weight is 398 g/mol. The summed E-state index contributed by atoms with van der Waals surface area (Å²) in [7, 11) is -1.66. The number of hydrogen-bond donors (Lipinski definition) is 0. The van der Waals surface area contributed by atoms with Crippen LogP contribution in [0.3, 0.4) is 0 Å². The number of aryl methyl sites for hydroxylation is 3. The van der Waals surface area contributed by atoms with Crippen LogP contribution < -0.4 is 4.74 Å². The number of rotatable bonds is 6. The summed E-state index contributed by atoms with van der Waals surface area (Å²) in [6, 6.07) is 12.8. The van der Waals surface area contributed by atoms with E-state index in [0.29, 0.717) is 34.7 Å². The van der Waals surface area contributed by atoms with Crippen LogP contribution in [0.1, 0.15) is 32.6 Å². The highest BCUT2D eigenvalue weighted by Gasteiger charge is 2.22. The van der Waals surface area contributed by atoms with Crippen molar-refractivity contribution in [3.63, 3.8) is 0 Å². The molecule has 0 N–H and O–H groups in total. The summed E-state index contributed by atoms with van der Waals surface area (Å²) >= 11 is 0. The summed E-state index contributed by atoms with van der Waals surface area (Å²) in [6.45, 7) is 3.69. The number of benzene rings is 2. The van der Waals surface area contributed by atoms with E-state index >= 15 is 0 Å². The molecule has 0 radical (unpaired) electrons. The number of ether oxygens (including phenoxy) is 1. The number of sulfone groups is 1. The fraction of sp³-hybridized carbons (Fsp3) is 0.238. The molecular weight excluding hydrogens is 376 g/mol. The van der Waals surface area contributed by atoms with Gasteiger partial charge < -0.3 is 4.74 Å². The molecule has 0 spiro atoms. The molecule has 3 aromatic rings. The van der Waals surface area contributed by atoms with Crippen molar-refractivity contribution in [1.82, 2.24) is 9.78 Å². The molecule has 1 heterocycles. The number of hydrogen-bond acceptors (Lipinski definition) is 5. The topological polar surface area (TPSA) is 78.3 Å². The molecule has 28 heavy (non-hydrogen) atoms. The molecule has 0 saturated carbocycles. The van der Waals surface area contributed by atoms with Gasteiger partial charge in [0.05, 0.1) is 11.1 Å². The number of nitrogens with zero attached hydrogens (tertiary/aromatic N) is 2. The maximum Gasteiger partial charge on any atom is 0.223 e. The van der Waals surface area contributed by atoms with Crippen LogP contribution in [0.25, 0.3) is 0 Å². The molecule has 7 heteroatoms. The lowest BCUT2D eigenvalue weighted by molar-refractivity contribution is 0.103. The Bertz CT molecular complexity index is 1110. The highest BCUT2D eigenvalue weighted by Crippen LogP contribution is 2.26. The van der Waals surface area contributed by atoms with Crippen LogP contribution in [-0.4, -0.2) is 30.2 Å². The Labute approximate surface area is 164 Å². The zero-order valence-corrected chi connectivity index (χ0v) is 17.1. The van der Waals surface area contributed by atoms with E-state index in [1.54, 1.807) is 33.0 Å². The zero-order valence-electron chi connectivity index (χ0n) is 16.3. The Morgan fingerprint density at radius 1 is 1.11 bits per heavy atom. The Kier molecular flexibility index (Phi) is 5.38. The molecule has 0 unspecified atom stereocenters. The minimum absolute atomic E-state index is 0.260. The molecular formula is C21H22N2O4S. The first-order valence-corrected chi connectivity index (χ1v) is 10.6. The van der Waals surface area contributed by atoms with Gasteiger partial charge in [0.25, 0.3) is 0 Å². The molecule has 1 aromatic heterocycles. The molecule has 0 saturated heterocycles. The lowest BCUT2D eigenvalue weighted by Gasteiger charge is -2.12. The van der Waals surface area contributed by atoms with Gasteiger partial charge in [-0.1, -0.05) is 30.3 Å². The van der Waals surface area contributed by atoms with Gasteiger partial charge in [0.2, 0.25) is 5.88 Å². The minimum Gasteiger partial charge on any atom is -0.472 e. The van der Waals surface area contributed by atoms with E-state index in [2.05, 4.69) is 5.10 Å². The van der Waals surface area contributed by atoms with Gasteiger partial charge in [-0.25, -0.2) is 13.1 Å². The van der Waals surface area contributed by atoms with E-state index in [-0.39, 0.29) is 10.7 Å². The van der Waals surface area contributed by atoms with Crippen molar-refractivity contribution in [3.8, 4) is 5.88 Å². The van der Waals surface area contributed by atoms with E-state index in [0.717, 1.165) is 5.56 Å². The van der Waals surface area contributed by atoms with Crippen LogP contribution in [0.15, 0.2) is 53.6 Å². The predicted molar refractivity (Wildman–Crippen MR) is 106 cm³/mol. The third kappa shape index (κ3) is 3.99. The predicted octanol–water partition coefficient (Wildman–Crippen LogP) is 3.25. The van der Waals surface area contributed by atoms with E-state index in [4.69, 9.17) is 4.74 Å². The van der Waals surface area contributed by atoms with Gasteiger partial charge in [-0.3, -0.25) is 4.79 Å². The summed E-state index contributed by atoms with van der Waals surface area (Å²) in [4.78, 5) is 13.3. The maximum atomic E-state index is 13.1. The van der Waals surface area contributed by atoms with Crippen molar-refractivity contribution < 1.29 is 17.9 Å². The van der Waals surface area contributed by atoms with Gasteiger partial charge in [0.15, 0.2) is 15.6 Å². The fourth-order valence-corrected chi connectivity index (χ4v) is 4.59. The molecule has 0 atom stereocenters. The van der Waals surface area contributed by atoms with Gasteiger partial charge in [-0.2, -0.15) is 5.10 Å². The van der Waals surface area contributed by atoms with Crippen LogP contribution in [-0.2, 0) is 23.5 Å². The normalized spacial score (nSPS) is 11.4. The van der Waals surface area contributed by atoms with Crippen LogP contribution in [0, 0.1) is 13.8 Å². The monoisotopic (exact) mass is 398 g/mol. The van der Waals surface area contributed by atoms with Gasteiger partial charge in [-0.15, -0.1) is 0 Å². The first-order valence-electron chi connectivity index (χ1n) is 8.73. The lowest BCUT2D eigenvalue weighted by Crippen LogP contribution is -2.09. The minimum atomic E-state index is -3.37. The smallest absolute Gasteiger partial charge is 0.223 e. The molecule has 0 aliphatic heterocycles. The third-order valence-corrected chi connectivity index (χ3v) is 5.83. The molecule has 6 nitrogen and oxygen atoms in total. The first kappa shape index (κ1) is 19.8. The van der Waals surface area contributed by atoms with Gasteiger partial charge in [0.1, 0.15) is 12.2 Å². The largest absolute Gasteiger partial charge is 0.472 e. The number of carbonyl (C=O) groups is 1. The highest BCUT2D eigenvalue weighted by molar-refractivity contribution is 7.90. The summed E-state index contributed by atoms with van der Waals surface area (Å²) in [6.07, 6.45) is 2.64. The van der Waals surface area contributed by atoms with Crippen molar-refractivity contribution >= 4 is 15.6 Å². The third-order valence-electron chi connectivity index (χ3n) is 4.44. The molecule has 2 aromatic carbocycles. The Morgan fingerprint density at radius 3 is 2.29 bits per heavy atom. The van der Waals surface area contributed by atoms with Crippen molar-refractivity contribution in [3.05, 3.63) is 76.5 Å². The highest BCUT2D eigenvalue weighted by atomic mass is 32.2. The second kappa shape index (κ2) is 7.59. The van der Waals surface area contributed by atoms with Crippen LogP contribution in [0.5, 0.6) is 5.88 Å². The molecule has 0 fully saturated rings. The average Bonchev–Trinajstić information content (AvgIpc) is 2.99. The van der Waals surface area contributed by atoms with Crippen LogP contribution in [0.2, 0.25) is 0 Å². The molecule has 0 bridgehead atoms. The number of carbonyl (C=O) groups excluding carboxylic acids is 1. The van der Waals surface area contributed by atoms with Crippen LogP contribution >= 0.6 is 0 Å². The van der Waals surface area contributed by atoms with E-state index in [1.807, 2.05) is 30.3 Å². The SMILES string of the molecule is Cc1cc(C(=O)c2cnn(C)c2OCc2ccccc2)cc(C)c1S(C)(=O)=O. The summed E-state index contributed by atoms with van der Waals surface area (Å²) in [5, 5.41) is 4.15. The van der Waals surface area contributed by atoms with Gasteiger partial charge in [0, 0.05) is 18.9 Å². The van der Waals surface area contributed by atoms with E-state index < -0.39 is 9.84 Å². The molecule has 0 aliphatic rings. The molecule has 146 valence electrons. The Morgan fingerprint density at radius 2 is 1.71 bits per heavy atom. The Hall–Kier alpha value is -2.93. The molecule has 0 aliphatic carbocycles. The summed E-state index contributed by atoms with van der Waals surface area (Å²) < 4.78 is 31.3. The zero-order chi connectivity index (χ0) is 20.5. The molecule has 3 rings (SSSR count). The second-order valence-electron chi connectivity index (χ2n) is 6.80. The summed E-state index contributed by atoms with van der Waals surface area (Å²) in [5.41, 5.74) is 2.80. The van der Waals surface area contributed by atoms with Crippen molar-refractivity contribution in [1.29, 1.82) is 0 Å². The number of ketones is 1. The van der Waals surface area contributed by atoms with Crippen molar-refractivity contribution in [2.24, 2.45) is 7.05 Å². The van der Waals surface area contributed by atoms with E-state index in [1.165, 1.54) is 17.1 Å². The van der Waals surface area contributed by atoms with Crippen LogP contribution in [0.4, 0.5) is 0 Å². The first-order chi connectivity index (χ1) is 13.2. The van der Waals surface area contributed by atoms with E-state index in [9.17, 15) is 13.2 Å². The summed E-state index contributed by atoms with van der Waals surface area (Å²) in [5.74, 6) is 0.110. The van der Waals surface area contributed by atoms with Crippen molar-refractivity contribution in [2.75, 3.05) is 6.26 Å². The second-order valence-corrected chi connectivity index (χ2v) is 8.75.